The zero-order chi connectivity index (χ0) is 49.0. The number of aliphatic imine (C=N–C) groups is 1. The average Bonchev–Trinajstić information content (AvgIpc) is 3.81. The van der Waals surface area contributed by atoms with Crippen molar-refractivity contribution in [2.24, 2.45) is 10.4 Å². The summed E-state index contributed by atoms with van der Waals surface area (Å²) in [6.45, 7) is 14.8. The molecule has 4 aliphatic heterocycles. The van der Waals surface area contributed by atoms with Gasteiger partial charge in [0.1, 0.15) is 13.2 Å². The lowest BCUT2D eigenvalue weighted by Gasteiger charge is -2.37. The van der Waals surface area contributed by atoms with Crippen molar-refractivity contribution in [3.8, 4) is 23.0 Å². The van der Waals surface area contributed by atoms with Gasteiger partial charge in [-0.3, -0.25) is 24.3 Å². The number of para-hydroxylation sites is 2. The van der Waals surface area contributed by atoms with Gasteiger partial charge < -0.3 is 38.8 Å². The molecule has 1 N–H and O–H groups in total. The van der Waals surface area contributed by atoms with Crippen molar-refractivity contribution in [2.75, 3.05) is 53.9 Å². The van der Waals surface area contributed by atoms with Crippen LogP contribution in [0.25, 0.3) is 0 Å². The highest BCUT2D eigenvalue weighted by Gasteiger charge is 2.40. The Labute approximate surface area is 410 Å². The third kappa shape index (κ3) is 9.74. The summed E-state index contributed by atoms with van der Waals surface area (Å²) < 4.78 is 30.5. The molecule has 0 saturated carbocycles. The predicted molar refractivity (Wildman–Crippen MR) is 274 cm³/mol. The Balaban J connectivity index is 1.04. The molecule has 14 heteroatoms. The molecule has 0 bridgehead atoms. The zero-order valence-electron chi connectivity index (χ0n) is 40.8. The Kier molecular flexibility index (Phi) is 12.7. The normalized spacial score (nSPS) is 17.1. The van der Waals surface area contributed by atoms with E-state index < -0.39 is 15.8 Å². The number of amides is 3. The number of thiol groups is 1. The van der Waals surface area contributed by atoms with E-state index in [4.69, 9.17) is 41.3 Å². The molecule has 5 aromatic carbocycles. The number of ether oxygens (including phenoxy) is 5. The van der Waals surface area contributed by atoms with Gasteiger partial charge in [0.05, 0.1) is 66.4 Å². The van der Waals surface area contributed by atoms with E-state index in [0.717, 1.165) is 40.0 Å². The second-order valence-corrected chi connectivity index (χ2v) is 21.7. The molecular formula is C55H61N5O8S. The number of methoxy groups -OCH3 is 2. The quantitative estimate of drug-likeness (QED) is 0.105. The van der Waals surface area contributed by atoms with Crippen molar-refractivity contribution < 1.29 is 38.1 Å². The van der Waals surface area contributed by atoms with Crippen LogP contribution in [0.15, 0.2) is 96.0 Å². The van der Waals surface area contributed by atoms with Crippen LogP contribution < -0.4 is 39.0 Å². The summed E-state index contributed by atoms with van der Waals surface area (Å²) in [5.74, 6) is 1.23. The van der Waals surface area contributed by atoms with Crippen LogP contribution in [0.2, 0.25) is 0 Å². The van der Waals surface area contributed by atoms with E-state index in [0.29, 0.717) is 64.2 Å². The van der Waals surface area contributed by atoms with Gasteiger partial charge in [-0.15, -0.1) is 0 Å². The first-order valence-electron chi connectivity index (χ1n) is 23.4. The summed E-state index contributed by atoms with van der Waals surface area (Å²) in [6.07, 6.45) is 3.27. The molecule has 0 unspecified atom stereocenters. The number of hydrogen-bond acceptors (Lipinski definition) is 11. The van der Waals surface area contributed by atoms with Gasteiger partial charge in [0.25, 0.3) is 11.8 Å². The Bertz CT molecular complexity index is 2870. The SMILES string of the molecule is COc1cc2c(cc1OCc1cc(COc3cc4c(cc3OC)C(=O)N3c5ccccc5C[C@H]3CN4)cc(N(CC(C)(C)S)C(=O)C(C)(C)COC(C)(C)C)c1)N=C[C@@H]1Cc3ccccc3N1C2=O. The van der Waals surface area contributed by atoms with Crippen LogP contribution in [-0.2, 0) is 35.6 Å². The smallest absolute Gasteiger partial charge is 0.261 e. The number of carbonyl (C=O) groups excluding carboxylic acids is 3. The molecule has 3 amide bonds. The van der Waals surface area contributed by atoms with Crippen molar-refractivity contribution >= 4 is 65.0 Å². The third-order valence-electron chi connectivity index (χ3n) is 12.9. The van der Waals surface area contributed by atoms with Crippen molar-refractivity contribution in [2.45, 2.75) is 97.0 Å². The van der Waals surface area contributed by atoms with Crippen LogP contribution in [0, 0.1) is 5.41 Å². The van der Waals surface area contributed by atoms with E-state index in [1.54, 1.807) is 42.2 Å². The minimum atomic E-state index is -0.906. The van der Waals surface area contributed by atoms with E-state index in [-0.39, 0.29) is 56.2 Å². The molecule has 69 heavy (non-hydrogen) atoms. The van der Waals surface area contributed by atoms with E-state index >= 15 is 0 Å². The first kappa shape index (κ1) is 47.6. The molecule has 0 fully saturated rings. The maximum absolute atomic E-state index is 14.8. The van der Waals surface area contributed by atoms with Gasteiger partial charge in [-0.1, -0.05) is 36.4 Å². The molecule has 0 aliphatic carbocycles. The molecule has 0 saturated heterocycles. The number of anilines is 4. The minimum Gasteiger partial charge on any atom is -0.493 e. The molecule has 9 rings (SSSR count). The Morgan fingerprint density at radius 3 is 1.94 bits per heavy atom. The fourth-order valence-electron chi connectivity index (χ4n) is 9.48. The molecule has 0 radical (unpaired) electrons. The van der Waals surface area contributed by atoms with Crippen molar-refractivity contribution in [1.29, 1.82) is 0 Å². The Morgan fingerprint density at radius 2 is 1.32 bits per heavy atom. The van der Waals surface area contributed by atoms with Crippen molar-refractivity contribution in [1.82, 2.24) is 0 Å². The Hall–Kier alpha value is -6.51. The van der Waals surface area contributed by atoms with Crippen LogP contribution in [0.5, 0.6) is 23.0 Å². The highest BCUT2D eigenvalue weighted by Crippen LogP contribution is 2.43. The van der Waals surface area contributed by atoms with Crippen LogP contribution in [0.4, 0.5) is 28.4 Å². The fraction of sp³-hybridized carbons (Fsp3) is 0.382. The van der Waals surface area contributed by atoms with Crippen LogP contribution in [-0.4, -0.2) is 80.3 Å². The minimum absolute atomic E-state index is 0.0317. The van der Waals surface area contributed by atoms with Gasteiger partial charge in [-0.25, -0.2) is 0 Å². The summed E-state index contributed by atoms with van der Waals surface area (Å²) in [5.41, 5.74) is 6.84. The highest BCUT2D eigenvalue weighted by molar-refractivity contribution is 7.81. The number of benzene rings is 5. The zero-order valence-corrected chi connectivity index (χ0v) is 41.7. The maximum atomic E-state index is 14.8. The van der Waals surface area contributed by atoms with Crippen LogP contribution >= 0.6 is 12.6 Å². The second-order valence-electron chi connectivity index (χ2n) is 20.5. The summed E-state index contributed by atoms with van der Waals surface area (Å²) in [7, 11) is 3.10. The first-order valence-corrected chi connectivity index (χ1v) is 23.9. The summed E-state index contributed by atoms with van der Waals surface area (Å²) in [4.78, 5) is 53.4. The summed E-state index contributed by atoms with van der Waals surface area (Å²) >= 11 is 4.91. The number of carbonyl (C=O) groups is 3. The van der Waals surface area contributed by atoms with Gasteiger partial charge in [-0.2, -0.15) is 12.6 Å². The van der Waals surface area contributed by atoms with E-state index in [1.165, 1.54) is 0 Å². The standard InChI is InChI=1S/C55H61N5O8S/c1-53(2,3)68-32-54(4,5)52(63)58(31-55(6,7)69)37-19-33(29-66-48-25-42-40(23-46(48)64-8)50(61)59-38(27-56-42)21-35-14-10-12-16-44(35)59)18-34(20-37)30-67-49-26-43-41(24-47(49)65-9)51(62)60-39(28-57-43)22-36-15-11-13-17-45(36)60/h10-20,23-27,38-39,57,69H,21-22,28-32H2,1-9H3/t38-,39-/m0/s1. The number of hydrogen-bond donors (Lipinski definition) is 2. The molecule has 5 aromatic rings. The monoisotopic (exact) mass is 951 g/mol. The summed E-state index contributed by atoms with van der Waals surface area (Å²) in [5, 5.41) is 3.52. The number of nitrogens with one attached hydrogen (secondary N) is 1. The van der Waals surface area contributed by atoms with Crippen LogP contribution in [0.1, 0.15) is 91.4 Å². The fourth-order valence-corrected chi connectivity index (χ4v) is 9.62. The van der Waals surface area contributed by atoms with Gasteiger partial charge in [0.15, 0.2) is 23.0 Å². The van der Waals surface area contributed by atoms with Crippen molar-refractivity contribution in [3.05, 3.63) is 124 Å². The lowest BCUT2D eigenvalue weighted by Crippen LogP contribution is -2.48. The van der Waals surface area contributed by atoms with Gasteiger partial charge in [0, 0.05) is 59.7 Å². The van der Waals surface area contributed by atoms with Gasteiger partial charge in [0.2, 0.25) is 5.91 Å². The topological polar surface area (TPSA) is 131 Å². The molecule has 2 atom stereocenters. The number of rotatable bonds is 14. The molecule has 0 aromatic heterocycles. The van der Waals surface area contributed by atoms with E-state index in [1.807, 2.05) is 126 Å². The third-order valence-corrected chi connectivity index (χ3v) is 13.0. The van der Waals surface area contributed by atoms with Gasteiger partial charge in [-0.05, 0) is 120 Å². The number of nitrogens with zero attached hydrogens (tertiary/aromatic N) is 4. The molecule has 0 spiro atoms. The lowest BCUT2D eigenvalue weighted by atomic mass is 9.91. The molecule has 4 aliphatic rings. The average molecular weight is 952 g/mol. The number of fused-ring (bicyclic) bond motifs is 8. The first-order chi connectivity index (χ1) is 32.8. The predicted octanol–water partition coefficient (Wildman–Crippen LogP) is 10.0. The molecular weight excluding hydrogens is 891 g/mol. The largest absolute Gasteiger partial charge is 0.493 e. The maximum Gasteiger partial charge on any atom is 0.261 e. The van der Waals surface area contributed by atoms with E-state index in [2.05, 4.69) is 11.4 Å². The molecule has 13 nitrogen and oxygen atoms in total. The Morgan fingerprint density at radius 1 is 0.739 bits per heavy atom. The van der Waals surface area contributed by atoms with Gasteiger partial charge >= 0.3 is 0 Å². The van der Waals surface area contributed by atoms with Crippen LogP contribution in [0.3, 0.4) is 0 Å². The van der Waals surface area contributed by atoms with Crippen molar-refractivity contribution in [3.63, 3.8) is 0 Å². The lowest BCUT2D eigenvalue weighted by molar-refractivity contribution is -0.133. The molecule has 360 valence electrons. The summed E-state index contributed by atoms with van der Waals surface area (Å²) in [6, 6.07) is 28.6. The second kappa shape index (κ2) is 18.4. The highest BCUT2D eigenvalue weighted by atomic mass is 32.1. The molecule has 4 heterocycles. The van der Waals surface area contributed by atoms with E-state index in [9.17, 15) is 14.4 Å².